The molecule has 0 saturated carbocycles. The number of aromatic hydroxyl groups is 2. The van der Waals surface area contributed by atoms with Crippen molar-refractivity contribution in [2.75, 3.05) is 5.73 Å². The van der Waals surface area contributed by atoms with Crippen LogP contribution >= 0.6 is 0 Å². The van der Waals surface area contributed by atoms with Crippen molar-refractivity contribution in [2.24, 2.45) is 20.5 Å². The second-order valence-electron chi connectivity index (χ2n) is 8.72. The first kappa shape index (κ1) is 27.6. The van der Waals surface area contributed by atoms with Gasteiger partial charge in [0.05, 0.1) is 11.4 Å². The number of rotatable bonds is 6. The summed E-state index contributed by atoms with van der Waals surface area (Å²) in [6.07, 6.45) is 0. The van der Waals surface area contributed by atoms with E-state index in [0.717, 1.165) is 12.1 Å². The molecule has 15 heteroatoms. The molecule has 13 nitrogen and oxygen atoms in total. The Morgan fingerprint density at radius 3 is 1.59 bits per heavy atom. The molecule has 5 aromatic rings. The lowest BCUT2D eigenvalue weighted by Gasteiger charge is -2.10. The molecule has 0 amide bonds. The van der Waals surface area contributed by atoms with Gasteiger partial charge in [-0.1, -0.05) is 18.2 Å². The van der Waals surface area contributed by atoms with Crippen LogP contribution in [0.3, 0.4) is 0 Å². The summed E-state index contributed by atoms with van der Waals surface area (Å²) in [6.45, 7) is 0. The number of phenolic OH excluding ortho intramolecular Hbond substituents is 2. The predicted octanol–water partition coefficient (Wildman–Crippen LogP) is 6.31. The highest BCUT2D eigenvalue weighted by Crippen LogP contribution is 2.44. The number of nitrogens with two attached hydrogens (primary N) is 1. The van der Waals surface area contributed by atoms with Crippen LogP contribution in [0, 0.1) is 0 Å². The van der Waals surface area contributed by atoms with Gasteiger partial charge in [0, 0.05) is 16.5 Å². The van der Waals surface area contributed by atoms with E-state index in [0.29, 0.717) is 11.4 Å². The lowest BCUT2D eigenvalue weighted by Crippen LogP contribution is -1.99. The summed E-state index contributed by atoms with van der Waals surface area (Å²) in [5.74, 6) is -1.17. The standard InChI is InChI=1S/C26H19N5O8S2/c27-16-6-8-19-14(10-16)12-21(40(34,35)36)24(25(19)32)31-29-18-7-9-20-15(11-18)13-22(41(37,38)39)23(26(20)33)30-28-17-4-2-1-3-5-17/h1-13,32-33H,27H2,(H,34,35,36)(H,37,38,39). The molecule has 0 aliphatic heterocycles. The van der Waals surface area contributed by atoms with Gasteiger partial charge in [-0.2, -0.15) is 27.1 Å². The molecule has 41 heavy (non-hydrogen) atoms. The van der Waals surface area contributed by atoms with E-state index in [2.05, 4.69) is 20.5 Å². The summed E-state index contributed by atoms with van der Waals surface area (Å²) < 4.78 is 67.9. The maximum atomic E-state index is 12.1. The molecule has 0 unspecified atom stereocenters. The van der Waals surface area contributed by atoms with Crippen LogP contribution in [0.25, 0.3) is 21.5 Å². The van der Waals surface area contributed by atoms with E-state index in [1.807, 2.05) is 0 Å². The maximum Gasteiger partial charge on any atom is 0.296 e. The Balaban J connectivity index is 1.63. The fraction of sp³-hybridized carbons (Fsp3) is 0. The van der Waals surface area contributed by atoms with E-state index in [1.165, 1.54) is 36.4 Å². The highest BCUT2D eigenvalue weighted by Gasteiger charge is 2.24. The molecule has 0 heterocycles. The molecular weight excluding hydrogens is 574 g/mol. The molecule has 6 N–H and O–H groups in total. The number of benzene rings is 5. The first-order valence-corrected chi connectivity index (χ1v) is 14.4. The van der Waals surface area contributed by atoms with Crippen LogP contribution in [-0.4, -0.2) is 36.2 Å². The molecule has 5 rings (SSSR count). The monoisotopic (exact) mass is 593 g/mol. The summed E-state index contributed by atoms with van der Waals surface area (Å²) in [7, 11) is -9.73. The normalized spacial score (nSPS) is 12.6. The van der Waals surface area contributed by atoms with Crippen molar-refractivity contribution in [3.8, 4) is 11.5 Å². The van der Waals surface area contributed by atoms with Gasteiger partial charge < -0.3 is 15.9 Å². The molecule has 0 radical (unpaired) electrons. The van der Waals surface area contributed by atoms with E-state index in [9.17, 15) is 36.2 Å². The third-order valence-corrected chi connectivity index (χ3v) is 7.69. The van der Waals surface area contributed by atoms with Crippen LogP contribution < -0.4 is 5.73 Å². The predicted molar refractivity (Wildman–Crippen MR) is 150 cm³/mol. The van der Waals surface area contributed by atoms with Gasteiger partial charge in [0.25, 0.3) is 20.2 Å². The number of azo groups is 2. The Labute approximate surface area is 232 Å². The van der Waals surface area contributed by atoms with Crippen molar-refractivity contribution < 1.29 is 36.2 Å². The Bertz CT molecular complexity index is 2130. The molecule has 0 aliphatic rings. The molecule has 5 aromatic carbocycles. The average molecular weight is 594 g/mol. The van der Waals surface area contributed by atoms with Gasteiger partial charge in [0.1, 0.15) is 21.2 Å². The number of nitrogens with zero attached hydrogens (tertiary/aromatic N) is 4. The van der Waals surface area contributed by atoms with E-state index in [-0.39, 0.29) is 27.2 Å². The first-order valence-electron chi connectivity index (χ1n) is 11.5. The fourth-order valence-corrected chi connectivity index (χ4v) is 5.38. The smallest absolute Gasteiger partial charge is 0.296 e. The number of fused-ring (bicyclic) bond motifs is 2. The van der Waals surface area contributed by atoms with Crippen LogP contribution in [0.15, 0.2) is 109 Å². The van der Waals surface area contributed by atoms with Crippen molar-refractivity contribution in [1.82, 2.24) is 0 Å². The van der Waals surface area contributed by atoms with Crippen molar-refractivity contribution in [1.29, 1.82) is 0 Å². The Morgan fingerprint density at radius 2 is 1.05 bits per heavy atom. The zero-order valence-electron chi connectivity index (χ0n) is 20.6. The van der Waals surface area contributed by atoms with Gasteiger partial charge in [-0.3, -0.25) is 9.11 Å². The van der Waals surface area contributed by atoms with Gasteiger partial charge in [-0.25, -0.2) is 0 Å². The van der Waals surface area contributed by atoms with Crippen LogP contribution in [0.5, 0.6) is 11.5 Å². The van der Waals surface area contributed by atoms with Crippen LogP contribution in [0.1, 0.15) is 0 Å². The molecule has 0 atom stereocenters. The van der Waals surface area contributed by atoms with Gasteiger partial charge in [-0.15, -0.1) is 10.2 Å². The Hall–Kier alpha value is -4.96. The lowest BCUT2D eigenvalue weighted by atomic mass is 10.1. The zero-order chi connectivity index (χ0) is 29.5. The molecule has 208 valence electrons. The summed E-state index contributed by atoms with van der Waals surface area (Å²) in [5.41, 5.74) is 5.39. The number of nitrogen functional groups attached to an aromatic ring is 1. The first-order chi connectivity index (χ1) is 19.3. The highest BCUT2D eigenvalue weighted by molar-refractivity contribution is 7.86. The topological polar surface area (TPSA) is 225 Å². The second-order valence-corrected chi connectivity index (χ2v) is 11.5. The van der Waals surface area contributed by atoms with Gasteiger partial charge >= 0.3 is 0 Å². The summed E-state index contributed by atoms with van der Waals surface area (Å²) >= 11 is 0. The molecule has 0 aromatic heterocycles. The van der Waals surface area contributed by atoms with Gasteiger partial charge in [-0.05, 0) is 71.4 Å². The van der Waals surface area contributed by atoms with Crippen LogP contribution in [0.4, 0.5) is 28.4 Å². The summed E-state index contributed by atoms with van der Waals surface area (Å²) in [6, 6.07) is 18.8. The van der Waals surface area contributed by atoms with E-state index >= 15 is 0 Å². The number of hydrogen-bond donors (Lipinski definition) is 5. The molecule has 0 spiro atoms. The second kappa shape index (κ2) is 10.2. The fourth-order valence-electron chi connectivity index (χ4n) is 4.07. The molecule has 0 fully saturated rings. The third kappa shape index (κ3) is 5.55. The van der Waals surface area contributed by atoms with Crippen molar-refractivity contribution in [2.45, 2.75) is 9.79 Å². The summed E-state index contributed by atoms with van der Waals surface area (Å²) in [5, 5.41) is 37.8. The third-order valence-electron chi connectivity index (χ3n) is 5.95. The SMILES string of the molecule is Nc1ccc2c(O)c(N=Nc3ccc4c(O)c(N=Nc5ccccc5)c(S(=O)(=O)O)cc4c3)c(S(=O)(=O)O)cc2c1. The van der Waals surface area contributed by atoms with Crippen LogP contribution in [0.2, 0.25) is 0 Å². The summed E-state index contributed by atoms with van der Waals surface area (Å²) in [4.78, 5) is -1.45. The van der Waals surface area contributed by atoms with Gasteiger partial charge in [0.2, 0.25) is 0 Å². The quantitative estimate of drug-likeness (QED) is 0.0843. The highest BCUT2D eigenvalue weighted by atomic mass is 32.2. The minimum absolute atomic E-state index is 0.0370. The Morgan fingerprint density at radius 1 is 0.561 bits per heavy atom. The molecule has 0 aliphatic carbocycles. The van der Waals surface area contributed by atoms with Crippen molar-refractivity contribution >= 4 is 70.2 Å². The van der Waals surface area contributed by atoms with Crippen molar-refractivity contribution in [3.05, 3.63) is 78.9 Å². The minimum Gasteiger partial charge on any atom is -0.505 e. The van der Waals surface area contributed by atoms with Gasteiger partial charge in [0.15, 0.2) is 11.5 Å². The van der Waals surface area contributed by atoms with E-state index < -0.39 is 52.9 Å². The van der Waals surface area contributed by atoms with E-state index in [1.54, 1.807) is 30.3 Å². The number of hydrogen-bond acceptors (Lipinski definition) is 11. The van der Waals surface area contributed by atoms with E-state index in [4.69, 9.17) is 5.73 Å². The average Bonchev–Trinajstić information content (AvgIpc) is 2.91. The molecule has 0 bridgehead atoms. The zero-order valence-corrected chi connectivity index (χ0v) is 22.2. The number of anilines is 1. The van der Waals surface area contributed by atoms with Crippen molar-refractivity contribution in [3.63, 3.8) is 0 Å². The maximum absolute atomic E-state index is 12.1. The number of phenols is 2. The molecule has 0 saturated heterocycles. The van der Waals surface area contributed by atoms with Crippen LogP contribution in [-0.2, 0) is 20.2 Å². The molecular formula is C26H19N5O8S2. The largest absolute Gasteiger partial charge is 0.505 e. The minimum atomic E-state index is -4.88. The Kier molecular flexibility index (Phi) is 6.88. The lowest BCUT2D eigenvalue weighted by molar-refractivity contribution is 0.472.